The van der Waals surface area contributed by atoms with Crippen molar-refractivity contribution in [2.24, 2.45) is 0 Å². The summed E-state index contributed by atoms with van der Waals surface area (Å²) in [5.41, 5.74) is 1.01. The summed E-state index contributed by atoms with van der Waals surface area (Å²) in [5, 5.41) is 3.60. The molecule has 0 aliphatic heterocycles. The molecule has 0 bridgehead atoms. The Morgan fingerprint density at radius 3 is 2.64 bits per heavy atom. The zero-order chi connectivity index (χ0) is 9.80. The Hall–Kier alpha value is -1.48. The van der Waals surface area contributed by atoms with Gasteiger partial charge in [-0.1, -0.05) is 0 Å². The fraction of sp³-hybridized carbons (Fsp3) is 0.100. The lowest BCUT2D eigenvalue weighted by Crippen LogP contribution is -1.97. The third-order valence-electron chi connectivity index (χ3n) is 1.78. The molecule has 0 aromatic carbocycles. The fourth-order valence-electron chi connectivity index (χ4n) is 1.11. The molecule has 4 heteroatoms. The van der Waals surface area contributed by atoms with Gasteiger partial charge >= 0.3 is 0 Å². The van der Waals surface area contributed by atoms with Gasteiger partial charge in [-0.2, -0.15) is 0 Å². The van der Waals surface area contributed by atoms with Gasteiger partial charge in [-0.05, 0) is 35.9 Å². The predicted octanol–water partition coefficient (Wildman–Crippen LogP) is 2.94. The highest BCUT2D eigenvalue weighted by atomic mass is 35.5. The second kappa shape index (κ2) is 4.15. The fourth-order valence-corrected chi connectivity index (χ4v) is 1.27. The second-order valence-electron chi connectivity index (χ2n) is 2.80. The van der Waals surface area contributed by atoms with Crippen LogP contribution in [0.5, 0.6) is 0 Å². The van der Waals surface area contributed by atoms with Gasteiger partial charge in [0, 0.05) is 18.1 Å². The molecule has 0 aliphatic rings. The zero-order valence-electron chi connectivity index (χ0n) is 7.40. The standard InChI is InChI=1S/C10H9ClN2O/c11-10-2-1-9(14-10)7-13-8-3-5-12-6-4-8/h1-6H,7H2,(H,12,13). The predicted molar refractivity (Wildman–Crippen MR) is 55.3 cm³/mol. The summed E-state index contributed by atoms with van der Waals surface area (Å²) in [7, 11) is 0. The number of hydrogen-bond acceptors (Lipinski definition) is 3. The van der Waals surface area contributed by atoms with Crippen LogP contribution in [-0.2, 0) is 6.54 Å². The van der Waals surface area contributed by atoms with E-state index in [0.29, 0.717) is 11.8 Å². The van der Waals surface area contributed by atoms with E-state index in [1.807, 2.05) is 18.2 Å². The quantitative estimate of drug-likeness (QED) is 0.843. The summed E-state index contributed by atoms with van der Waals surface area (Å²) >= 11 is 5.64. The summed E-state index contributed by atoms with van der Waals surface area (Å²) in [6.07, 6.45) is 3.47. The molecule has 2 rings (SSSR count). The molecule has 0 saturated heterocycles. The minimum Gasteiger partial charge on any atom is -0.448 e. The molecule has 0 unspecified atom stereocenters. The maximum atomic E-state index is 5.64. The molecule has 0 spiro atoms. The van der Waals surface area contributed by atoms with Gasteiger partial charge in [-0.25, -0.2) is 0 Å². The van der Waals surface area contributed by atoms with Gasteiger partial charge in [-0.3, -0.25) is 4.98 Å². The molecule has 0 radical (unpaired) electrons. The number of anilines is 1. The normalized spacial score (nSPS) is 10.1. The van der Waals surface area contributed by atoms with Crippen LogP contribution in [0.3, 0.4) is 0 Å². The van der Waals surface area contributed by atoms with Crippen LogP contribution >= 0.6 is 11.6 Å². The van der Waals surface area contributed by atoms with Gasteiger partial charge in [0.1, 0.15) is 5.76 Å². The molecular weight excluding hydrogens is 200 g/mol. The number of halogens is 1. The van der Waals surface area contributed by atoms with Crippen molar-refractivity contribution < 1.29 is 4.42 Å². The van der Waals surface area contributed by atoms with E-state index in [1.54, 1.807) is 18.5 Å². The van der Waals surface area contributed by atoms with Crippen molar-refractivity contribution >= 4 is 17.3 Å². The van der Waals surface area contributed by atoms with Crippen molar-refractivity contribution in [2.45, 2.75) is 6.54 Å². The minimum atomic E-state index is 0.413. The number of pyridine rings is 1. The van der Waals surface area contributed by atoms with Gasteiger partial charge in [0.15, 0.2) is 5.22 Å². The van der Waals surface area contributed by atoms with Crippen LogP contribution in [0.2, 0.25) is 5.22 Å². The highest BCUT2D eigenvalue weighted by Gasteiger charge is 1.98. The summed E-state index contributed by atoms with van der Waals surface area (Å²) < 4.78 is 5.19. The molecule has 0 amide bonds. The van der Waals surface area contributed by atoms with E-state index >= 15 is 0 Å². The van der Waals surface area contributed by atoms with Crippen molar-refractivity contribution in [1.29, 1.82) is 0 Å². The van der Waals surface area contributed by atoms with Crippen LogP contribution in [0.15, 0.2) is 41.1 Å². The Balaban J connectivity index is 1.95. The Morgan fingerprint density at radius 2 is 2.00 bits per heavy atom. The zero-order valence-corrected chi connectivity index (χ0v) is 8.16. The van der Waals surface area contributed by atoms with E-state index in [1.165, 1.54) is 0 Å². The lowest BCUT2D eigenvalue weighted by Gasteiger charge is -2.02. The molecule has 0 fully saturated rings. The topological polar surface area (TPSA) is 38.1 Å². The molecule has 72 valence electrons. The van der Waals surface area contributed by atoms with Gasteiger partial charge in [0.2, 0.25) is 0 Å². The van der Waals surface area contributed by atoms with Gasteiger partial charge < -0.3 is 9.73 Å². The first-order chi connectivity index (χ1) is 6.84. The van der Waals surface area contributed by atoms with Crippen LogP contribution < -0.4 is 5.32 Å². The van der Waals surface area contributed by atoms with Crippen molar-refractivity contribution in [2.75, 3.05) is 5.32 Å². The molecule has 3 nitrogen and oxygen atoms in total. The van der Waals surface area contributed by atoms with Gasteiger partial charge in [-0.15, -0.1) is 0 Å². The number of rotatable bonds is 3. The molecule has 1 N–H and O–H groups in total. The maximum Gasteiger partial charge on any atom is 0.193 e. The third kappa shape index (κ3) is 2.26. The monoisotopic (exact) mass is 208 g/mol. The van der Waals surface area contributed by atoms with Crippen molar-refractivity contribution in [3.8, 4) is 0 Å². The van der Waals surface area contributed by atoms with Crippen LogP contribution in [0.4, 0.5) is 5.69 Å². The molecule has 2 aromatic heterocycles. The second-order valence-corrected chi connectivity index (χ2v) is 3.17. The molecule has 0 aliphatic carbocycles. The molecule has 2 aromatic rings. The summed E-state index contributed by atoms with van der Waals surface area (Å²) in [6, 6.07) is 7.36. The van der Waals surface area contributed by atoms with Crippen LogP contribution in [0.1, 0.15) is 5.76 Å². The summed E-state index contributed by atoms with van der Waals surface area (Å²) in [6.45, 7) is 0.622. The van der Waals surface area contributed by atoms with Crippen LogP contribution in [0, 0.1) is 0 Å². The SMILES string of the molecule is Clc1ccc(CNc2ccncc2)o1. The number of nitrogens with zero attached hydrogens (tertiary/aromatic N) is 1. The average molecular weight is 209 g/mol. The highest BCUT2D eigenvalue weighted by Crippen LogP contribution is 2.14. The van der Waals surface area contributed by atoms with Crippen LogP contribution in [0.25, 0.3) is 0 Å². The number of aromatic nitrogens is 1. The van der Waals surface area contributed by atoms with Gasteiger partial charge in [0.25, 0.3) is 0 Å². The molecule has 14 heavy (non-hydrogen) atoms. The molecule has 0 saturated carbocycles. The Kier molecular flexibility index (Phi) is 2.70. The van der Waals surface area contributed by atoms with E-state index in [4.69, 9.17) is 16.0 Å². The largest absolute Gasteiger partial charge is 0.448 e. The number of hydrogen-bond donors (Lipinski definition) is 1. The highest BCUT2D eigenvalue weighted by molar-refractivity contribution is 6.28. The van der Waals surface area contributed by atoms with Crippen LogP contribution in [-0.4, -0.2) is 4.98 Å². The lowest BCUT2D eigenvalue weighted by atomic mass is 10.4. The van der Waals surface area contributed by atoms with E-state index < -0.39 is 0 Å². The third-order valence-corrected chi connectivity index (χ3v) is 1.98. The van der Waals surface area contributed by atoms with Crippen molar-refractivity contribution in [3.63, 3.8) is 0 Å². The first-order valence-electron chi connectivity index (χ1n) is 4.23. The number of nitrogens with one attached hydrogen (secondary N) is 1. The Bertz CT molecular complexity index is 400. The summed E-state index contributed by atoms with van der Waals surface area (Å²) in [5.74, 6) is 0.812. The Labute approximate surface area is 86.7 Å². The molecular formula is C10H9ClN2O. The first kappa shape index (κ1) is 9.09. The lowest BCUT2D eigenvalue weighted by molar-refractivity contribution is 0.520. The molecule has 2 heterocycles. The smallest absolute Gasteiger partial charge is 0.193 e. The Morgan fingerprint density at radius 1 is 1.21 bits per heavy atom. The number of furan rings is 1. The van der Waals surface area contributed by atoms with Crippen molar-refractivity contribution in [3.05, 3.63) is 47.6 Å². The first-order valence-corrected chi connectivity index (χ1v) is 4.60. The minimum absolute atomic E-state index is 0.413. The van der Waals surface area contributed by atoms with E-state index in [2.05, 4.69) is 10.3 Å². The van der Waals surface area contributed by atoms with Crippen molar-refractivity contribution in [1.82, 2.24) is 4.98 Å². The molecule has 0 atom stereocenters. The van der Waals surface area contributed by atoms with E-state index in [-0.39, 0.29) is 0 Å². The van der Waals surface area contributed by atoms with E-state index in [0.717, 1.165) is 11.4 Å². The van der Waals surface area contributed by atoms with E-state index in [9.17, 15) is 0 Å². The summed E-state index contributed by atoms with van der Waals surface area (Å²) in [4.78, 5) is 3.92. The maximum absolute atomic E-state index is 5.64. The average Bonchev–Trinajstić information content (AvgIpc) is 2.63. The van der Waals surface area contributed by atoms with Gasteiger partial charge in [0.05, 0.1) is 6.54 Å².